The number of nitrogens with one attached hydrogen (secondary N) is 3. The van der Waals surface area contributed by atoms with Crippen LogP contribution in [-0.2, 0) is 5.75 Å². The van der Waals surface area contributed by atoms with Gasteiger partial charge < -0.3 is 4.98 Å². The number of amides is 2. The Balaban J connectivity index is 1.30. The van der Waals surface area contributed by atoms with Gasteiger partial charge in [-0.15, -0.1) is 0 Å². The minimum Gasteiger partial charge on any atom is -0.333 e. The number of aryl methyl sites for hydroxylation is 1. The molecule has 8 nitrogen and oxygen atoms in total. The summed E-state index contributed by atoms with van der Waals surface area (Å²) in [5, 5.41) is 0.847. The Kier molecular flexibility index (Phi) is 5.71. The van der Waals surface area contributed by atoms with E-state index >= 15 is 0 Å². The van der Waals surface area contributed by atoms with Gasteiger partial charge in [-0.1, -0.05) is 36.0 Å². The van der Waals surface area contributed by atoms with Crippen molar-refractivity contribution in [2.24, 2.45) is 0 Å². The number of carbonyl (C=O) groups is 2. The van der Waals surface area contributed by atoms with E-state index in [1.165, 1.54) is 12.4 Å². The number of hydrazine groups is 1. The fourth-order valence-electron chi connectivity index (χ4n) is 2.66. The van der Waals surface area contributed by atoms with Crippen LogP contribution in [-0.4, -0.2) is 31.8 Å². The van der Waals surface area contributed by atoms with E-state index in [9.17, 15) is 9.59 Å². The molecule has 0 spiro atoms. The molecule has 30 heavy (non-hydrogen) atoms. The van der Waals surface area contributed by atoms with Crippen LogP contribution in [0.1, 0.15) is 32.1 Å². The maximum Gasteiger partial charge on any atom is 0.289 e. The van der Waals surface area contributed by atoms with Crippen LogP contribution < -0.4 is 10.9 Å². The van der Waals surface area contributed by atoms with Crippen LogP contribution in [0.15, 0.2) is 66.1 Å². The van der Waals surface area contributed by atoms with Crippen molar-refractivity contribution in [1.82, 2.24) is 30.8 Å². The Hall–Kier alpha value is -3.72. The maximum atomic E-state index is 12.2. The molecule has 4 rings (SSSR count). The Morgan fingerprint density at radius 3 is 2.47 bits per heavy atom. The van der Waals surface area contributed by atoms with Gasteiger partial charge in [0.25, 0.3) is 11.8 Å². The molecule has 0 bridgehead atoms. The zero-order valence-electron chi connectivity index (χ0n) is 16.0. The predicted octanol–water partition coefficient (Wildman–Crippen LogP) is 3.03. The highest BCUT2D eigenvalue weighted by Crippen LogP contribution is 2.23. The molecule has 4 aromatic rings. The van der Waals surface area contributed by atoms with Gasteiger partial charge in [0, 0.05) is 17.5 Å². The van der Waals surface area contributed by atoms with E-state index in [2.05, 4.69) is 30.8 Å². The van der Waals surface area contributed by atoms with E-state index in [-0.39, 0.29) is 5.69 Å². The molecule has 0 atom stereocenters. The van der Waals surface area contributed by atoms with Gasteiger partial charge in [-0.3, -0.25) is 25.4 Å². The number of aromatic amines is 1. The topological polar surface area (TPSA) is 113 Å². The van der Waals surface area contributed by atoms with Crippen LogP contribution >= 0.6 is 11.8 Å². The second-order valence-electron chi connectivity index (χ2n) is 6.50. The quantitative estimate of drug-likeness (QED) is 0.339. The number of rotatable bonds is 5. The molecular formula is C21H18N6O2S. The Morgan fingerprint density at radius 2 is 1.73 bits per heavy atom. The summed E-state index contributed by atoms with van der Waals surface area (Å²) in [6, 6.07) is 15.0. The van der Waals surface area contributed by atoms with E-state index in [0.29, 0.717) is 17.0 Å². The largest absolute Gasteiger partial charge is 0.333 e. The molecule has 0 aliphatic carbocycles. The smallest absolute Gasteiger partial charge is 0.289 e. The first-order valence-corrected chi connectivity index (χ1v) is 10.1. The second-order valence-corrected chi connectivity index (χ2v) is 7.46. The summed E-state index contributed by atoms with van der Waals surface area (Å²) < 4.78 is 0. The first-order valence-electron chi connectivity index (χ1n) is 9.14. The molecule has 0 saturated heterocycles. The third-order valence-corrected chi connectivity index (χ3v) is 5.21. The van der Waals surface area contributed by atoms with Gasteiger partial charge >= 0.3 is 0 Å². The normalized spacial score (nSPS) is 10.7. The standard InChI is InChI=1S/C21H18N6O2S/c1-13-10-23-18(11-22-13)20(29)27-26-19(28)15-8-6-14(7-9-15)12-30-21-24-16-4-2-3-5-17(16)25-21/h2-11H,12H2,1H3,(H,24,25)(H,26,28)(H,27,29). The summed E-state index contributed by atoms with van der Waals surface area (Å²) in [5.41, 5.74) is 8.96. The van der Waals surface area contributed by atoms with E-state index in [4.69, 9.17) is 0 Å². The van der Waals surface area contributed by atoms with Gasteiger partial charge in [-0.05, 0) is 36.8 Å². The molecule has 150 valence electrons. The van der Waals surface area contributed by atoms with Crippen molar-refractivity contribution in [2.45, 2.75) is 17.8 Å². The summed E-state index contributed by atoms with van der Waals surface area (Å²) >= 11 is 1.59. The highest BCUT2D eigenvalue weighted by Gasteiger charge is 2.11. The third kappa shape index (κ3) is 4.64. The third-order valence-electron chi connectivity index (χ3n) is 4.26. The SMILES string of the molecule is Cc1cnc(C(=O)NNC(=O)c2ccc(CSc3nc4ccccc4[nH]3)cc2)cn1. The number of aromatic nitrogens is 4. The lowest BCUT2D eigenvalue weighted by Gasteiger charge is -2.07. The van der Waals surface area contributed by atoms with E-state index in [1.807, 2.05) is 36.4 Å². The molecule has 0 radical (unpaired) electrons. The second kappa shape index (κ2) is 8.75. The minimum absolute atomic E-state index is 0.124. The van der Waals surface area contributed by atoms with Crippen molar-refractivity contribution in [3.05, 3.63) is 83.4 Å². The van der Waals surface area contributed by atoms with Crippen molar-refractivity contribution in [2.75, 3.05) is 0 Å². The number of hydrogen-bond acceptors (Lipinski definition) is 6. The number of imidazole rings is 1. The summed E-state index contributed by atoms with van der Waals surface area (Å²) in [6.45, 7) is 1.77. The fraction of sp³-hybridized carbons (Fsp3) is 0.0952. The number of nitrogens with zero attached hydrogens (tertiary/aromatic N) is 3. The van der Waals surface area contributed by atoms with Gasteiger partial charge in [-0.25, -0.2) is 9.97 Å². The van der Waals surface area contributed by atoms with E-state index < -0.39 is 11.8 Å². The molecule has 0 unspecified atom stereocenters. The lowest BCUT2D eigenvalue weighted by atomic mass is 10.1. The van der Waals surface area contributed by atoms with Gasteiger partial charge in [0.05, 0.1) is 22.9 Å². The molecule has 3 N–H and O–H groups in total. The maximum absolute atomic E-state index is 12.2. The van der Waals surface area contributed by atoms with Crippen molar-refractivity contribution in [1.29, 1.82) is 0 Å². The highest BCUT2D eigenvalue weighted by atomic mass is 32.2. The average Bonchev–Trinajstić information content (AvgIpc) is 3.20. The van der Waals surface area contributed by atoms with Crippen molar-refractivity contribution >= 4 is 34.6 Å². The number of H-pyrrole nitrogens is 1. The van der Waals surface area contributed by atoms with Crippen LogP contribution in [0.5, 0.6) is 0 Å². The molecule has 2 aromatic heterocycles. The summed E-state index contributed by atoms with van der Waals surface area (Å²) in [5.74, 6) is -0.237. The van der Waals surface area contributed by atoms with Gasteiger partial charge in [-0.2, -0.15) is 0 Å². The fourth-order valence-corrected chi connectivity index (χ4v) is 3.50. The number of carbonyl (C=O) groups excluding carboxylic acids is 2. The highest BCUT2D eigenvalue weighted by molar-refractivity contribution is 7.98. The molecule has 9 heteroatoms. The molecule has 0 fully saturated rings. The summed E-state index contributed by atoms with van der Waals surface area (Å²) in [6.07, 6.45) is 2.84. The Morgan fingerprint density at radius 1 is 0.967 bits per heavy atom. The Bertz CT molecular complexity index is 1160. The lowest BCUT2D eigenvalue weighted by molar-refractivity contribution is 0.0843. The van der Waals surface area contributed by atoms with E-state index in [1.54, 1.807) is 30.8 Å². The Labute approximate surface area is 176 Å². The van der Waals surface area contributed by atoms with Crippen LogP contribution in [0.4, 0.5) is 0 Å². The van der Waals surface area contributed by atoms with Crippen LogP contribution in [0.2, 0.25) is 0 Å². The predicted molar refractivity (Wildman–Crippen MR) is 114 cm³/mol. The molecule has 0 saturated carbocycles. The zero-order valence-corrected chi connectivity index (χ0v) is 16.9. The lowest BCUT2D eigenvalue weighted by Crippen LogP contribution is -2.42. The minimum atomic E-state index is -0.533. The van der Waals surface area contributed by atoms with Crippen LogP contribution in [0, 0.1) is 6.92 Å². The average molecular weight is 418 g/mol. The number of benzene rings is 2. The van der Waals surface area contributed by atoms with Gasteiger partial charge in [0.2, 0.25) is 0 Å². The van der Waals surface area contributed by atoms with E-state index in [0.717, 1.165) is 21.8 Å². The monoisotopic (exact) mass is 418 g/mol. The summed E-state index contributed by atoms with van der Waals surface area (Å²) in [7, 11) is 0. The van der Waals surface area contributed by atoms with Gasteiger partial charge in [0.1, 0.15) is 5.69 Å². The number of thioether (sulfide) groups is 1. The van der Waals surface area contributed by atoms with Crippen LogP contribution in [0.25, 0.3) is 11.0 Å². The molecular weight excluding hydrogens is 400 g/mol. The van der Waals surface area contributed by atoms with Crippen molar-refractivity contribution < 1.29 is 9.59 Å². The molecule has 0 aliphatic heterocycles. The van der Waals surface area contributed by atoms with Crippen molar-refractivity contribution in [3.63, 3.8) is 0 Å². The summed E-state index contributed by atoms with van der Waals surface area (Å²) in [4.78, 5) is 40.0. The molecule has 2 heterocycles. The molecule has 0 aliphatic rings. The molecule has 2 aromatic carbocycles. The van der Waals surface area contributed by atoms with Gasteiger partial charge in [0.15, 0.2) is 5.16 Å². The number of fused-ring (bicyclic) bond motifs is 1. The first-order chi connectivity index (χ1) is 14.6. The first kappa shape index (κ1) is 19.6. The molecule has 2 amide bonds. The van der Waals surface area contributed by atoms with Crippen molar-refractivity contribution in [3.8, 4) is 0 Å². The number of hydrogen-bond donors (Lipinski definition) is 3. The number of para-hydroxylation sites is 2. The van der Waals surface area contributed by atoms with Crippen LogP contribution in [0.3, 0.4) is 0 Å². The zero-order chi connectivity index (χ0) is 20.9.